The van der Waals surface area contributed by atoms with Gasteiger partial charge in [-0.2, -0.15) is 0 Å². The number of unbranched alkanes of at least 4 members (excludes halogenated alkanes) is 1. The van der Waals surface area contributed by atoms with Crippen molar-refractivity contribution < 1.29 is 14.7 Å². The van der Waals surface area contributed by atoms with Crippen molar-refractivity contribution in [1.82, 2.24) is 14.9 Å². The number of fused-ring (bicyclic) bond motifs is 1. The summed E-state index contributed by atoms with van der Waals surface area (Å²) in [6.45, 7) is 1.39. The number of aliphatic carboxylic acids is 1. The van der Waals surface area contributed by atoms with Crippen molar-refractivity contribution in [3.63, 3.8) is 0 Å². The smallest absolute Gasteiger partial charge is 0.303 e. The Morgan fingerprint density at radius 2 is 1.51 bits per heavy atom. The van der Waals surface area contributed by atoms with Gasteiger partial charge in [0.15, 0.2) is 0 Å². The highest BCUT2D eigenvalue weighted by Crippen LogP contribution is 2.30. The third kappa shape index (κ3) is 6.57. The molecule has 0 unspecified atom stereocenters. The predicted octanol–water partition coefficient (Wildman–Crippen LogP) is 7.42. The van der Waals surface area contributed by atoms with Crippen LogP contribution >= 0.6 is 23.2 Å². The molecule has 1 N–H and O–H groups in total. The Morgan fingerprint density at radius 1 is 0.846 bits per heavy atom. The largest absolute Gasteiger partial charge is 0.481 e. The van der Waals surface area contributed by atoms with Crippen molar-refractivity contribution >= 4 is 46.1 Å². The zero-order chi connectivity index (χ0) is 27.4. The molecule has 4 aromatic rings. The van der Waals surface area contributed by atoms with Gasteiger partial charge in [0.05, 0.1) is 22.4 Å². The van der Waals surface area contributed by atoms with Crippen LogP contribution in [0.15, 0.2) is 66.7 Å². The molecule has 3 aromatic carbocycles. The summed E-state index contributed by atoms with van der Waals surface area (Å²) in [5.74, 6) is -0.389. The lowest BCUT2D eigenvalue weighted by atomic mass is 9.89. The van der Waals surface area contributed by atoms with Crippen LogP contribution in [-0.4, -0.2) is 44.9 Å². The first kappa shape index (κ1) is 27.1. The zero-order valence-electron chi connectivity index (χ0n) is 21.4. The maximum absolute atomic E-state index is 13.4. The van der Waals surface area contributed by atoms with Crippen LogP contribution in [0.4, 0.5) is 0 Å². The van der Waals surface area contributed by atoms with Gasteiger partial charge in [-0.15, -0.1) is 0 Å². The number of hydrogen-bond donors (Lipinski definition) is 1. The molecule has 0 bridgehead atoms. The second kappa shape index (κ2) is 12.1. The number of aryl methyl sites for hydroxylation is 1. The van der Waals surface area contributed by atoms with E-state index in [4.69, 9.17) is 38.3 Å². The van der Waals surface area contributed by atoms with Gasteiger partial charge in [0.1, 0.15) is 0 Å². The van der Waals surface area contributed by atoms with E-state index in [1.165, 1.54) is 5.56 Å². The summed E-state index contributed by atoms with van der Waals surface area (Å²) in [6, 6.07) is 20.9. The predicted molar refractivity (Wildman–Crippen MR) is 155 cm³/mol. The molecule has 1 saturated heterocycles. The molecular weight excluding hydrogens is 533 g/mol. The first-order chi connectivity index (χ1) is 18.9. The molecule has 1 aliphatic rings. The Balaban J connectivity index is 1.36. The second-order valence-corrected chi connectivity index (χ2v) is 10.8. The van der Waals surface area contributed by atoms with Crippen molar-refractivity contribution in [2.24, 2.45) is 0 Å². The van der Waals surface area contributed by atoms with E-state index < -0.39 is 5.97 Å². The molecule has 8 heteroatoms. The fraction of sp³-hybridized carbons (Fsp3) is 0.290. The van der Waals surface area contributed by atoms with Gasteiger partial charge >= 0.3 is 5.97 Å². The van der Waals surface area contributed by atoms with Gasteiger partial charge in [0, 0.05) is 40.7 Å². The number of likely N-dealkylation sites (tertiary alicyclic amines) is 1. The Kier molecular flexibility index (Phi) is 8.44. The molecule has 0 atom stereocenters. The van der Waals surface area contributed by atoms with Crippen LogP contribution in [0.25, 0.3) is 22.3 Å². The molecule has 1 aliphatic heterocycles. The van der Waals surface area contributed by atoms with Crippen LogP contribution < -0.4 is 0 Å². The first-order valence-electron chi connectivity index (χ1n) is 13.2. The van der Waals surface area contributed by atoms with Crippen molar-refractivity contribution in [3.8, 4) is 11.3 Å². The number of carbonyl (C=O) groups is 2. The summed E-state index contributed by atoms with van der Waals surface area (Å²) in [7, 11) is 0. The van der Waals surface area contributed by atoms with E-state index in [-0.39, 0.29) is 12.3 Å². The Labute approximate surface area is 237 Å². The van der Waals surface area contributed by atoms with Crippen molar-refractivity contribution in [3.05, 3.63) is 93.6 Å². The standard InChI is InChI=1S/C31H29Cl2N3O3/c32-24-10-5-20(6-11-24)21-15-17-36(18-16-21)31(39)23-9-14-26-28(19-23)34-27(3-1-2-4-29(37)38)30(35-26)22-7-12-25(33)13-8-22/h5-14,19,21H,1-4,15-18H2,(H,37,38). The Bertz CT molecular complexity index is 1480. The number of halogens is 2. The minimum Gasteiger partial charge on any atom is -0.481 e. The average Bonchev–Trinajstić information content (AvgIpc) is 2.95. The number of piperidine rings is 1. The van der Waals surface area contributed by atoms with Gasteiger partial charge in [0.25, 0.3) is 5.91 Å². The lowest BCUT2D eigenvalue weighted by molar-refractivity contribution is -0.137. The fourth-order valence-electron chi connectivity index (χ4n) is 5.14. The molecule has 5 rings (SSSR count). The third-order valence-corrected chi connectivity index (χ3v) is 7.78. The minimum absolute atomic E-state index is 0.00181. The molecule has 6 nitrogen and oxygen atoms in total. The molecule has 0 radical (unpaired) electrons. The minimum atomic E-state index is -0.808. The average molecular weight is 562 g/mol. The lowest BCUT2D eigenvalue weighted by Crippen LogP contribution is -2.37. The number of aromatic nitrogens is 2. The lowest BCUT2D eigenvalue weighted by Gasteiger charge is -2.32. The van der Waals surface area contributed by atoms with E-state index in [0.717, 1.165) is 34.8 Å². The molecular formula is C31H29Cl2N3O3. The van der Waals surface area contributed by atoms with Crippen molar-refractivity contribution in [1.29, 1.82) is 0 Å². The van der Waals surface area contributed by atoms with E-state index in [2.05, 4.69) is 12.1 Å². The van der Waals surface area contributed by atoms with Crippen LogP contribution in [0.1, 0.15) is 59.6 Å². The van der Waals surface area contributed by atoms with Crippen LogP contribution in [0.3, 0.4) is 0 Å². The molecule has 1 amide bonds. The molecule has 200 valence electrons. The summed E-state index contributed by atoms with van der Waals surface area (Å²) in [5, 5.41) is 10.4. The van der Waals surface area contributed by atoms with Gasteiger partial charge < -0.3 is 10.0 Å². The van der Waals surface area contributed by atoms with E-state index in [9.17, 15) is 9.59 Å². The molecule has 0 saturated carbocycles. The van der Waals surface area contributed by atoms with Crippen LogP contribution in [0.2, 0.25) is 10.0 Å². The number of benzene rings is 3. The molecule has 2 heterocycles. The van der Waals surface area contributed by atoms with Gasteiger partial charge in [-0.1, -0.05) is 47.5 Å². The molecule has 1 fully saturated rings. The summed E-state index contributed by atoms with van der Waals surface area (Å²) in [5.41, 5.74) is 5.64. The number of rotatable bonds is 8. The number of nitrogens with zero attached hydrogens (tertiary/aromatic N) is 3. The molecule has 0 spiro atoms. The topological polar surface area (TPSA) is 83.4 Å². The van der Waals surface area contributed by atoms with E-state index in [1.807, 2.05) is 59.5 Å². The molecule has 39 heavy (non-hydrogen) atoms. The highest BCUT2D eigenvalue weighted by atomic mass is 35.5. The number of carboxylic acids is 1. The maximum Gasteiger partial charge on any atom is 0.303 e. The summed E-state index contributed by atoms with van der Waals surface area (Å²) < 4.78 is 0. The van der Waals surface area contributed by atoms with Gasteiger partial charge in [-0.25, -0.2) is 9.97 Å². The maximum atomic E-state index is 13.4. The van der Waals surface area contributed by atoms with E-state index in [1.54, 1.807) is 0 Å². The van der Waals surface area contributed by atoms with Crippen LogP contribution in [0.5, 0.6) is 0 Å². The molecule has 0 aliphatic carbocycles. The first-order valence-corrected chi connectivity index (χ1v) is 14.0. The van der Waals surface area contributed by atoms with Gasteiger partial charge in [-0.05, 0) is 86.1 Å². The highest BCUT2D eigenvalue weighted by molar-refractivity contribution is 6.30. The third-order valence-electron chi connectivity index (χ3n) is 7.28. The monoisotopic (exact) mass is 561 g/mol. The van der Waals surface area contributed by atoms with Crippen molar-refractivity contribution in [2.75, 3.05) is 13.1 Å². The zero-order valence-corrected chi connectivity index (χ0v) is 23.0. The number of hydrogen-bond acceptors (Lipinski definition) is 4. The van der Waals surface area contributed by atoms with Crippen LogP contribution in [0, 0.1) is 0 Å². The van der Waals surface area contributed by atoms with E-state index in [0.29, 0.717) is 59.9 Å². The number of amides is 1. The van der Waals surface area contributed by atoms with E-state index >= 15 is 0 Å². The quantitative estimate of drug-likeness (QED) is 0.226. The second-order valence-electron chi connectivity index (χ2n) is 9.95. The fourth-order valence-corrected chi connectivity index (χ4v) is 5.39. The van der Waals surface area contributed by atoms with Crippen molar-refractivity contribution in [2.45, 2.75) is 44.4 Å². The Hall–Kier alpha value is -3.48. The SMILES string of the molecule is O=C(O)CCCCc1nc2cc(C(=O)N3CCC(c4ccc(Cl)cc4)CC3)ccc2nc1-c1ccc(Cl)cc1. The normalized spacial score (nSPS) is 14.1. The number of carbonyl (C=O) groups excluding carboxylic acids is 1. The Morgan fingerprint density at radius 3 is 2.18 bits per heavy atom. The van der Waals surface area contributed by atoms with Crippen LogP contribution in [-0.2, 0) is 11.2 Å². The highest BCUT2D eigenvalue weighted by Gasteiger charge is 2.25. The van der Waals surface area contributed by atoms with Gasteiger partial charge in [-0.3, -0.25) is 9.59 Å². The van der Waals surface area contributed by atoms with Gasteiger partial charge in [0.2, 0.25) is 0 Å². The number of carboxylic acid groups (broad SMARTS) is 1. The summed E-state index contributed by atoms with van der Waals surface area (Å²) >= 11 is 12.1. The summed E-state index contributed by atoms with van der Waals surface area (Å²) in [6.07, 6.45) is 3.75. The molecule has 1 aromatic heterocycles. The summed E-state index contributed by atoms with van der Waals surface area (Å²) in [4.78, 5) is 36.1.